The van der Waals surface area contributed by atoms with E-state index in [0.717, 1.165) is 43.1 Å². The van der Waals surface area contributed by atoms with Crippen LogP contribution in [0, 0.1) is 29.4 Å². The lowest BCUT2D eigenvalue weighted by molar-refractivity contribution is 0.278. The molecule has 0 amide bonds. The Morgan fingerprint density at radius 1 is 0.962 bits per heavy atom. The van der Waals surface area contributed by atoms with Gasteiger partial charge in [-0.2, -0.15) is 0 Å². The SMILES string of the molecule is CC1CCC(CC/C=C/C2CCC(c3cc(F)c(Cl)c(F)c3)CC2)CC1. The van der Waals surface area contributed by atoms with Crippen molar-refractivity contribution in [1.29, 1.82) is 0 Å². The lowest BCUT2D eigenvalue weighted by Crippen LogP contribution is -2.13. The molecule has 0 aliphatic heterocycles. The first kappa shape index (κ1) is 19.9. The molecule has 2 saturated carbocycles. The predicted molar refractivity (Wildman–Crippen MR) is 106 cm³/mol. The van der Waals surface area contributed by atoms with Crippen molar-refractivity contribution in [2.45, 2.75) is 77.0 Å². The van der Waals surface area contributed by atoms with Gasteiger partial charge in [-0.05, 0) is 79.9 Å². The molecule has 0 bridgehead atoms. The van der Waals surface area contributed by atoms with Crippen LogP contribution in [0.15, 0.2) is 24.3 Å². The van der Waals surface area contributed by atoms with Gasteiger partial charge in [0.1, 0.15) is 16.7 Å². The molecule has 0 N–H and O–H groups in total. The zero-order chi connectivity index (χ0) is 18.5. The highest BCUT2D eigenvalue weighted by Gasteiger charge is 2.23. The molecule has 0 unspecified atom stereocenters. The molecule has 1 aromatic rings. The van der Waals surface area contributed by atoms with Gasteiger partial charge in [-0.1, -0.05) is 56.4 Å². The first-order chi connectivity index (χ1) is 12.5. The van der Waals surface area contributed by atoms with E-state index in [2.05, 4.69) is 19.1 Å². The average Bonchev–Trinajstić information content (AvgIpc) is 2.65. The minimum Gasteiger partial charge on any atom is -0.205 e. The van der Waals surface area contributed by atoms with Crippen LogP contribution in [-0.4, -0.2) is 0 Å². The second-order valence-electron chi connectivity index (χ2n) is 8.54. The van der Waals surface area contributed by atoms with Gasteiger partial charge in [0.05, 0.1) is 0 Å². The zero-order valence-electron chi connectivity index (χ0n) is 15.8. The van der Waals surface area contributed by atoms with Crippen molar-refractivity contribution in [2.75, 3.05) is 0 Å². The number of benzene rings is 1. The molecule has 0 radical (unpaired) electrons. The molecule has 2 aliphatic carbocycles. The van der Waals surface area contributed by atoms with E-state index in [1.807, 2.05) is 0 Å². The Morgan fingerprint density at radius 2 is 1.58 bits per heavy atom. The van der Waals surface area contributed by atoms with Gasteiger partial charge in [-0.3, -0.25) is 0 Å². The minimum absolute atomic E-state index is 0.255. The Labute approximate surface area is 162 Å². The van der Waals surface area contributed by atoms with Crippen molar-refractivity contribution in [2.24, 2.45) is 17.8 Å². The summed E-state index contributed by atoms with van der Waals surface area (Å²) in [6, 6.07) is 2.83. The summed E-state index contributed by atoms with van der Waals surface area (Å²) in [5.74, 6) is 1.47. The van der Waals surface area contributed by atoms with E-state index >= 15 is 0 Å². The summed E-state index contributed by atoms with van der Waals surface area (Å²) in [4.78, 5) is 0. The third kappa shape index (κ3) is 5.31. The molecule has 144 valence electrons. The van der Waals surface area contributed by atoms with Gasteiger partial charge in [0.25, 0.3) is 0 Å². The van der Waals surface area contributed by atoms with E-state index in [1.54, 1.807) is 0 Å². The molecule has 2 aliphatic rings. The number of allylic oxidation sites excluding steroid dienone is 2. The standard InChI is InChI=1S/C23H31ClF2/c1-16-6-8-17(9-7-16)4-2-3-5-18-10-12-19(13-11-18)20-14-21(25)23(24)22(26)15-20/h3,5,14-19H,2,4,6-13H2,1H3/b5-3+. The van der Waals surface area contributed by atoms with Crippen LogP contribution in [0.2, 0.25) is 5.02 Å². The van der Waals surface area contributed by atoms with Crippen LogP contribution in [0.4, 0.5) is 8.78 Å². The van der Waals surface area contributed by atoms with Crippen molar-refractivity contribution >= 4 is 11.6 Å². The Balaban J connectivity index is 1.41. The van der Waals surface area contributed by atoms with E-state index in [9.17, 15) is 8.78 Å². The van der Waals surface area contributed by atoms with Gasteiger partial charge in [0.2, 0.25) is 0 Å². The molecule has 1 aromatic carbocycles. The molecule has 0 nitrogen and oxygen atoms in total. The molecular weight excluding hydrogens is 350 g/mol. The van der Waals surface area contributed by atoms with Gasteiger partial charge in [0, 0.05) is 0 Å². The molecule has 0 saturated heterocycles. The molecule has 2 fully saturated rings. The summed E-state index contributed by atoms with van der Waals surface area (Å²) in [5, 5.41) is -0.391. The normalized spacial score (nSPS) is 30.0. The van der Waals surface area contributed by atoms with Crippen molar-refractivity contribution in [3.63, 3.8) is 0 Å². The maximum atomic E-state index is 13.7. The Morgan fingerprint density at radius 3 is 2.19 bits per heavy atom. The van der Waals surface area contributed by atoms with Crippen molar-refractivity contribution in [3.8, 4) is 0 Å². The summed E-state index contributed by atoms with van der Waals surface area (Å²) in [6.45, 7) is 2.37. The largest absolute Gasteiger partial charge is 0.205 e. The lowest BCUT2D eigenvalue weighted by atomic mass is 9.78. The highest BCUT2D eigenvalue weighted by atomic mass is 35.5. The number of hydrogen-bond acceptors (Lipinski definition) is 0. The van der Waals surface area contributed by atoms with Gasteiger partial charge in [-0.15, -0.1) is 0 Å². The molecule has 26 heavy (non-hydrogen) atoms. The topological polar surface area (TPSA) is 0 Å². The van der Waals surface area contributed by atoms with Crippen molar-refractivity contribution < 1.29 is 8.78 Å². The fourth-order valence-electron chi connectivity index (χ4n) is 4.69. The fraction of sp³-hybridized carbons (Fsp3) is 0.652. The van der Waals surface area contributed by atoms with Crippen LogP contribution < -0.4 is 0 Å². The first-order valence-electron chi connectivity index (χ1n) is 10.3. The van der Waals surface area contributed by atoms with Crippen molar-refractivity contribution in [1.82, 2.24) is 0 Å². The number of halogens is 3. The predicted octanol–water partition coefficient (Wildman–Crippen LogP) is 8.05. The highest BCUT2D eigenvalue weighted by Crippen LogP contribution is 2.38. The summed E-state index contributed by atoms with van der Waals surface area (Å²) in [7, 11) is 0. The Kier molecular flexibility index (Phi) is 7.14. The summed E-state index contributed by atoms with van der Waals surface area (Å²) < 4.78 is 27.3. The van der Waals surface area contributed by atoms with E-state index in [0.29, 0.717) is 5.92 Å². The molecule has 3 heteroatoms. The summed E-state index contributed by atoms with van der Waals surface area (Å²) in [6.07, 6.45) is 17.1. The molecule has 0 spiro atoms. The number of rotatable bonds is 5. The quantitative estimate of drug-likeness (QED) is 0.358. The van der Waals surface area contributed by atoms with Crippen LogP contribution in [0.1, 0.15) is 82.6 Å². The monoisotopic (exact) mass is 380 g/mol. The fourth-order valence-corrected chi connectivity index (χ4v) is 4.80. The van der Waals surface area contributed by atoms with Crippen LogP contribution in [0.25, 0.3) is 0 Å². The summed E-state index contributed by atoms with van der Waals surface area (Å²) >= 11 is 5.59. The van der Waals surface area contributed by atoms with Crippen molar-refractivity contribution in [3.05, 3.63) is 46.5 Å². The van der Waals surface area contributed by atoms with Gasteiger partial charge < -0.3 is 0 Å². The third-order valence-corrected chi connectivity index (χ3v) is 6.90. The van der Waals surface area contributed by atoms with Crippen LogP contribution in [0.5, 0.6) is 0 Å². The number of hydrogen-bond donors (Lipinski definition) is 0. The lowest BCUT2D eigenvalue weighted by Gasteiger charge is -2.27. The second-order valence-corrected chi connectivity index (χ2v) is 8.92. The smallest absolute Gasteiger partial charge is 0.145 e. The molecule has 3 rings (SSSR count). The van der Waals surface area contributed by atoms with Gasteiger partial charge in [0.15, 0.2) is 0 Å². The third-order valence-electron chi connectivity index (χ3n) is 6.53. The van der Waals surface area contributed by atoms with Gasteiger partial charge in [-0.25, -0.2) is 8.78 Å². The second kappa shape index (κ2) is 9.35. The van der Waals surface area contributed by atoms with Crippen LogP contribution in [0.3, 0.4) is 0 Å². The van der Waals surface area contributed by atoms with Gasteiger partial charge >= 0.3 is 0 Å². The van der Waals surface area contributed by atoms with E-state index in [4.69, 9.17) is 11.6 Å². The maximum Gasteiger partial charge on any atom is 0.145 e. The van der Waals surface area contributed by atoms with Crippen LogP contribution >= 0.6 is 11.6 Å². The van der Waals surface area contributed by atoms with E-state index in [-0.39, 0.29) is 5.92 Å². The van der Waals surface area contributed by atoms with E-state index < -0.39 is 16.7 Å². The van der Waals surface area contributed by atoms with Crippen LogP contribution in [-0.2, 0) is 0 Å². The Hall–Kier alpha value is -0.890. The van der Waals surface area contributed by atoms with E-state index in [1.165, 1.54) is 50.7 Å². The average molecular weight is 381 g/mol. The Bertz CT molecular complexity index is 586. The molecule has 0 atom stereocenters. The zero-order valence-corrected chi connectivity index (χ0v) is 16.6. The molecular formula is C23H31ClF2. The first-order valence-corrected chi connectivity index (χ1v) is 10.7. The highest BCUT2D eigenvalue weighted by molar-refractivity contribution is 6.30. The minimum atomic E-state index is -0.638. The molecule has 0 heterocycles. The maximum absolute atomic E-state index is 13.7. The summed E-state index contributed by atoms with van der Waals surface area (Å²) in [5.41, 5.74) is 0.762. The molecule has 0 aromatic heterocycles.